The van der Waals surface area contributed by atoms with Crippen LogP contribution in [0.15, 0.2) is 24.7 Å². The molecule has 3 N–H and O–H groups in total. The molecule has 0 aromatic carbocycles. The zero-order valence-electron chi connectivity index (χ0n) is 23.9. The van der Waals surface area contributed by atoms with E-state index < -0.39 is 65.5 Å². The zero-order valence-corrected chi connectivity index (χ0v) is 24.7. The molecule has 3 aromatic rings. The second-order valence-corrected chi connectivity index (χ2v) is 13.1. The molecule has 12 nitrogen and oxygen atoms in total. The third-order valence-electron chi connectivity index (χ3n) is 7.80. The van der Waals surface area contributed by atoms with Gasteiger partial charge < -0.3 is 15.8 Å². The number of amides is 1. The minimum absolute atomic E-state index is 0.135. The van der Waals surface area contributed by atoms with Crippen molar-refractivity contribution in [2.45, 2.75) is 50.1 Å². The summed E-state index contributed by atoms with van der Waals surface area (Å²) < 4.78 is 112. The number of nitrogens with two attached hydrogens (primary N) is 1. The standard InChI is InChI=1S/C26H30F6N8O4S/c1-44-24-17(23(41)37-19-13-39(12-18(19)27)45(42,43)7-4-26(30,31)32)8-15(10-34-24)20-9-16(21-22(33)35-14-36-40(20)21)11-38-5-2-25(28,29)3-6-38/h8-10,14,18-19H,2-7,11-13H2,1H3,(H,37,41)(H2,33,35,36)/t18-,19+/m0/s1. The van der Waals surface area contributed by atoms with Gasteiger partial charge in [0.05, 0.1) is 31.0 Å². The van der Waals surface area contributed by atoms with Crippen LogP contribution in [0.2, 0.25) is 0 Å². The lowest BCUT2D eigenvalue weighted by atomic mass is 10.1. The highest BCUT2D eigenvalue weighted by molar-refractivity contribution is 7.89. The number of anilines is 1. The van der Waals surface area contributed by atoms with Crippen molar-refractivity contribution in [3.63, 3.8) is 0 Å². The number of alkyl halides is 6. The highest BCUT2D eigenvalue weighted by Gasteiger charge is 2.42. The summed E-state index contributed by atoms with van der Waals surface area (Å²) in [7, 11) is -3.18. The molecule has 0 spiro atoms. The van der Waals surface area contributed by atoms with E-state index in [2.05, 4.69) is 20.4 Å². The van der Waals surface area contributed by atoms with Crippen molar-refractivity contribution < 1.29 is 44.3 Å². The monoisotopic (exact) mass is 664 g/mol. The van der Waals surface area contributed by atoms with E-state index in [4.69, 9.17) is 10.5 Å². The normalized spacial score (nSPS) is 21.3. The average Bonchev–Trinajstić information content (AvgIpc) is 3.53. The Morgan fingerprint density at radius 1 is 1.18 bits per heavy atom. The summed E-state index contributed by atoms with van der Waals surface area (Å²) in [5.74, 6) is -4.83. The SMILES string of the molecule is COc1ncc(-c2cc(CN3CCC(F)(F)CC3)c3c(N)ncnn23)cc1C(=O)N[C@@H]1CN(S(=O)(=O)CCC(F)(F)F)C[C@@H]1F. The number of carbonyl (C=O) groups is 1. The van der Waals surface area contributed by atoms with Gasteiger partial charge in [0.25, 0.3) is 11.8 Å². The highest BCUT2D eigenvalue weighted by atomic mass is 32.2. The Labute approximate surface area is 253 Å². The van der Waals surface area contributed by atoms with Gasteiger partial charge in [0.1, 0.15) is 23.6 Å². The number of methoxy groups -OCH3 is 1. The molecule has 2 aliphatic heterocycles. The number of halogens is 6. The first kappa shape index (κ1) is 32.7. The topological polar surface area (TPSA) is 148 Å². The molecule has 45 heavy (non-hydrogen) atoms. The smallest absolute Gasteiger partial charge is 0.390 e. The van der Waals surface area contributed by atoms with Crippen LogP contribution in [0, 0.1) is 0 Å². The highest BCUT2D eigenvalue weighted by Crippen LogP contribution is 2.33. The van der Waals surface area contributed by atoms with Crippen LogP contribution in [0.1, 0.15) is 35.2 Å². The molecular weight excluding hydrogens is 634 g/mol. The molecule has 2 saturated heterocycles. The Morgan fingerprint density at radius 3 is 2.56 bits per heavy atom. The lowest BCUT2D eigenvalue weighted by molar-refractivity contribution is -0.130. The Kier molecular flexibility index (Phi) is 8.89. The van der Waals surface area contributed by atoms with E-state index in [9.17, 15) is 39.6 Å². The van der Waals surface area contributed by atoms with Crippen molar-refractivity contribution >= 4 is 27.3 Å². The zero-order chi connectivity index (χ0) is 32.7. The number of carbonyl (C=O) groups excluding carboxylic acids is 1. The van der Waals surface area contributed by atoms with Crippen molar-refractivity contribution in [3.8, 4) is 17.1 Å². The van der Waals surface area contributed by atoms with Gasteiger partial charge in [-0.25, -0.2) is 36.1 Å². The predicted octanol–water partition coefficient (Wildman–Crippen LogP) is 2.65. The Hall–Kier alpha value is -3.71. The lowest BCUT2D eigenvalue weighted by Crippen LogP contribution is -2.42. The number of aromatic nitrogens is 4. The summed E-state index contributed by atoms with van der Waals surface area (Å²) in [5.41, 5.74) is 7.87. The maximum absolute atomic E-state index is 14.8. The summed E-state index contributed by atoms with van der Waals surface area (Å²) in [5, 5.41) is 6.67. The van der Waals surface area contributed by atoms with Crippen molar-refractivity contribution in [2.75, 3.05) is 44.8 Å². The number of fused-ring (bicyclic) bond motifs is 1. The van der Waals surface area contributed by atoms with E-state index in [1.165, 1.54) is 30.2 Å². The number of nitrogens with one attached hydrogen (secondary N) is 1. The molecule has 5 rings (SSSR count). The van der Waals surface area contributed by atoms with Gasteiger partial charge in [-0.05, 0) is 17.7 Å². The van der Waals surface area contributed by atoms with E-state index in [0.29, 0.717) is 26.6 Å². The Balaban J connectivity index is 1.39. The van der Waals surface area contributed by atoms with E-state index in [1.807, 2.05) is 4.90 Å². The number of piperidine rings is 1. The summed E-state index contributed by atoms with van der Waals surface area (Å²) in [6.45, 7) is -0.669. The molecule has 2 atom stereocenters. The average molecular weight is 665 g/mol. The molecule has 5 heterocycles. The van der Waals surface area contributed by atoms with Crippen molar-refractivity contribution in [1.82, 2.24) is 34.1 Å². The van der Waals surface area contributed by atoms with Crippen molar-refractivity contribution in [2.24, 2.45) is 0 Å². The van der Waals surface area contributed by atoms with E-state index >= 15 is 0 Å². The molecule has 0 saturated carbocycles. The minimum Gasteiger partial charge on any atom is -0.480 e. The Bertz CT molecular complexity index is 1680. The van der Waals surface area contributed by atoms with E-state index in [0.717, 1.165) is 0 Å². The van der Waals surface area contributed by atoms with Gasteiger partial charge in [0.2, 0.25) is 15.9 Å². The molecule has 2 fully saturated rings. The molecule has 0 aliphatic carbocycles. The van der Waals surface area contributed by atoms with Crippen LogP contribution < -0.4 is 15.8 Å². The first-order valence-corrected chi connectivity index (χ1v) is 15.4. The maximum atomic E-state index is 14.8. The quantitative estimate of drug-likeness (QED) is 0.330. The fourth-order valence-electron chi connectivity index (χ4n) is 5.38. The molecule has 1 amide bonds. The van der Waals surface area contributed by atoms with Crippen LogP contribution >= 0.6 is 0 Å². The maximum Gasteiger partial charge on any atom is 0.390 e. The van der Waals surface area contributed by atoms with Crippen LogP contribution in [0.25, 0.3) is 16.8 Å². The first-order chi connectivity index (χ1) is 21.1. The molecule has 0 radical (unpaired) electrons. The van der Waals surface area contributed by atoms with Crippen LogP contribution in [0.4, 0.5) is 32.2 Å². The number of pyridine rings is 1. The van der Waals surface area contributed by atoms with Gasteiger partial charge in [0.15, 0.2) is 5.82 Å². The summed E-state index contributed by atoms with van der Waals surface area (Å²) in [4.78, 5) is 23.4. The molecule has 2 aliphatic rings. The second kappa shape index (κ2) is 12.2. The third-order valence-corrected chi connectivity index (χ3v) is 9.60. The number of ether oxygens (including phenoxy) is 1. The summed E-state index contributed by atoms with van der Waals surface area (Å²) in [6, 6.07) is 1.76. The molecule has 0 unspecified atom stereocenters. The summed E-state index contributed by atoms with van der Waals surface area (Å²) in [6.07, 6.45) is -6.13. The van der Waals surface area contributed by atoms with Crippen molar-refractivity contribution in [3.05, 3.63) is 35.8 Å². The van der Waals surface area contributed by atoms with Crippen LogP contribution in [0.5, 0.6) is 5.88 Å². The number of hydrogen-bond donors (Lipinski definition) is 2. The van der Waals surface area contributed by atoms with Crippen molar-refractivity contribution in [1.29, 1.82) is 0 Å². The van der Waals surface area contributed by atoms with Crippen LogP contribution in [0.3, 0.4) is 0 Å². The lowest BCUT2D eigenvalue weighted by Gasteiger charge is -2.31. The number of nitrogen functional groups attached to an aromatic ring is 1. The number of hydrogen-bond acceptors (Lipinski definition) is 9. The van der Waals surface area contributed by atoms with Gasteiger partial charge >= 0.3 is 6.18 Å². The van der Waals surface area contributed by atoms with Gasteiger partial charge in [-0.3, -0.25) is 9.69 Å². The predicted molar refractivity (Wildman–Crippen MR) is 149 cm³/mol. The van der Waals surface area contributed by atoms with Gasteiger partial charge in [0, 0.05) is 57.3 Å². The number of sulfonamides is 1. The van der Waals surface area contributed by atoms with Gasteiger partial charge in [-0.15, -0.1) is 0 Å². The van der Waals surface area contributed by atoms with E-state index in [1.54, 1.807) is 6.07 Å². The van der Waals surface area contributed by atoms with Gasteiger partial charge in [-0.1, -0.05) is 0 Å². The number of rotatable bonds is 9. The summed E-state index contributed by atoms with van der Waals surface area (Å²) >= 11 is 0. The van der Waals surface area contributed by atoms with Crippen LogP contribution in [-0.4, -0.2) is 106 Å². The molecule has 3 aromatic heterocycles. The number of likely N-dealkylation sites (tertiary alicyclic amines) is 1. The number of nitrogens with zero attached hydrogens (tertiary/aromatic N) is 6. The largest absolute Gasteiger partial charge is 0.480 e. The van der Waals surface area contributed by atoms with Gasteiger partial charge in [-0.2, -0.15) is 22.6 Å². The fourth-order valence-corrected chi connectivity index (χ4v) is 6.89. The molecule has 19 heteroatoms. The third kappa shape index (κ3) is 7.25. The fraction of sp³-hybridized carbons (Fsp3) is 0.538. The second-order valence-electron chi connectivity index (χ2n) is 11.0. The van der Waals surface area contributed by atoms with E-state index in [-0.39, 0.29) is 49.7 Å². The Morgan fingerprint density at radius 2 is 1.89 bits per heavy atom. The molecule has 246 valence electrons. The minimum atomic E-state index is -4.71. The first-order valence-electron chi connectivity index (χ1n) is 13.8. The molecular formula is C26H30F6N8O4S. The molecule has 0 bridgehead atoms. The van der Waals surface area contributed by atoms with Crippen LogP contribution in [-0.2, 0) is 16.6 Å².